The summed E-state index contributed by atoms with van der Waals surface area (Å²) in [6, 6.07) is 4.23. The maximum atomic E-state index is 3.44. The van der Waals surface area contributed by atoms with Gasteiger partial charge in [-0.1, -0.05) is 0 Å². The Morgan fingerprint density at radius 3 is 2.92 bits per heavy atom. The molecule has 0 atom stereocenters. The van der Waals surface area contributed by atoms with Crippen molar-refractivity contribution in [2.75, 3.05) is 5.32 Å². The van der Waals surface area contributed by atoms with Gasteiger partial charge in [-0.3, -0.25) is 0 Å². The summed E-state index contributed by atoms with van der Waals surface area (Å²) in [6.07, 6.45) is 0. The van der Waals surface area contributed by atoms with Gasteiger partial charge in [-0.15, -0.1) is 11.3 Å². The molecule has 2 aromatic rings. The fraction of sp³-hybridized carbons (Fsp3) is 0.111. The Morgan fingerprint density at radius 2 is 2.31 bits per heavy atom. The van der Waals surface area contributed by atoms with E-state index in [9.17, 15) is 0 Å². The second-order valence-corrected chi connectivity index (χ2v) is 5.70. The molecule has 1 nitrogen and oxygen atoms in total. The van der Waals surface area contributed by atoms with Crippen LogP contribution in [-0.4, -0.2) is 0 Å². The highest BCUT2D eigenvalue weighted by Crippen LogP contribution is 2.21. The molecule has 1 N–H and O–H groups in total. The Morgan fingerprint density at radius 1 is 1.38 bits per heavy atom. The van der Waals surface area contributed by atoms with Gasteiger partial charge in [-0.2, -0.15) is 11.3 Å². The van der Waals surface area contributed by atoms with E-state index in [0.29, 0.717) is 0 Å². The van der Waals surface area contributed by atoms with E-state index in [4.69, 9.17) is 0 Å². The van der Waals surface area contributed by atoms with Crippen molar-refractivity contribution >= 4 is 44.3 Å². The molecule has 2 aromatic heterocycles. The van der Waals surface area contributed by atoms with Crippen molar-refractivity contribution in [3.05, 3.63) is 37.6 Å². The maximum absolute atomic E-state index is 3.44. The van der Waals surface area contributed by atoms with E-state index in [1.807, 2.05) is 0 Å². The molecule has 4 heteroatoms. The van der Waals surface area contributed by atoms with Gasteiger partial charge in [0.05, 0.1) is 3.79 Å². The largest absolute Gasteiger partial charge is 0.380 e. The summed E-state index contributed by atoms with van der Waals surface area (Å²) in [5, 5.41) is 9.69. The minimum atomic E-state index is 0.902. The van der Waals surface area contributed by atoms with Crippen LogP contribution in [0.25, 0.3) is 0 Å². The van der Waals surface area contributed by atoms with Gasteiger partial charge < -0.3 is 5.32 Å². The van der Waals surface area contributed by atoms with Crippen LogP contribution in [0.1, 0.15) is 5.56 Å². The van der Waals surface area contributed by atoms with Crippen molar-refractivity contribution in [3.8, 4) is 0 Å². The van der Waals surface area contributed by atoms with E-state index in [0.717, 1.165) is 6.54 Å². The maximum Gasteiger partial charge on any atom is 0.0701 e. The van der Waals surface area contributed by atoms with Gasteiger partial charge >= 0.3 is 0 Å². The summed E-state index contributed by atoms with van der Waals surface area (Å²) < 4.78 is 1.19. The van der Waals surface area contributed by atoms with Crippen LogP contribution in [0.5, 0.6) is 0 Å². The molecule has 0 aliphatic carbocycles. The monoisotopic (exact) mass is 273 g/mol. The molecular formula is C9H8BrNS2. The van der Waals surface area contributed by atoms with Crippen LogP contribution in [0, 0.1) is 0 Å². The number of nitrogens with one attached hydrogen (secondary N) is 1. The van der Waals surface area contributed by atoms with E-state index in [-0.39, 0.29) is 0 Å². The molecule has 13 heavy (non-hydrogen) atoms. The van der Waals surface area contributed by atoms with Crippen molar-refractivity contribution in [3.63, 3.8) is 0 Å². The van der Waals surface area contributed by atoms with Crippen LogP contribution >= 0.6 is 38.6 Å². The van der Waals surface area contributed by atoms with Crippen LogP contribution in [0.15, 0.2) is 32.1 Å². The molecule has 0 spiro atoms. The standard InChI is InChI=1S/C9H8BrNS2/c10-9-3-7(5-13-9)4-11-8-1-2-12-6-8/h1-3,5-6,11H,4H2. The highest BCUT2D eigenvalue weighted by atomic mass is 79.9. The van der Waals surface area contributed by atoms with Gasteiger partial charge in [-0.05, 0) is 44.4 Å². The number of thiophene rings is 2. The Labute approximate surface area is 93.6 Å². The highest BCUT2D eigenvalue weighted by molar-refractivity contribution is 9.11. The molecule has 0 radical (unpaired) electrons. The first-order valence-electron chi connectivity index (χ1n) is 3.83. The topological polar surface area (TPSA) is 12.0 Å². The lowest BCUT2D eigenvalue weighted by Crippen LogP contribution is -1.95. The zero-order valence-electron chi connectivity index (χ0n) is 6.79. The summed E-state index contributed by atoms with van der Waals surface area (Å²) >= 11 is 6.88. The molecule has 68 valence electrons. The fourth-order valence-corrected chi connectivity index (χ4v) is 2.83. The van der Waals surface area contributed by atoms with Crippen molar-refractivity contribution in [1.29, 1.82) is 0 Å². The molecule has 2 rings (SSSR count). The van der Waals surface area contributed by atoms with Gasteiger partial charge in [0.15, 0.2) is 0 Å². The van der Waals surface area contributed by atoms with Crippen molar-refractivity contribution < 1.29 is 0 Å². The quantitative estimate of drug-likeness (QED) is 0.885. The SMILES string of the molecule is Brc1cc(CNc2ccsc2)cs1. The molecule has 0 saturated heterocycles. The zero-order chi connectivity index (χ0) is 9.10. The summed E-state index contributed by atoms with van der Waals surface area (Å²) in [5.74, 6) is 0. The predicted octanol–water partition coefficient (Wildman–Crippen LogP) is 4.18. The molecular weight excluding hydrogens is 266 g/mol. The number of hydrogen-bond donors (Lipinski definition) is 1. The minimum absolute atomic E-state index is 0.902. The summed E-state index contributed by atoms with van der Waals surface area (Å²) in [5.41, 5.74) is 2.52. The van der Waals surface area contributed by atoms with E-state index >= 15 is 0 Å². The summed E-state index contributed by atoms with van der Waals surface area (Å²) in [7, 11) is 0. The molecule has 0 aliphatic heterocycles. The second-order valence-electron chi connectivity index (χ2n) is 2.62. The van der Waals surface area contributed by atoms with Crippen molar-refractivity contribution in [2.24, 2.45) is 0 Å². The van der Waals surface area contributed by atoms with E-state index < -0.39 is 0 Å². The van der Waals surface area contributed by atoms with Gasteiger partial charge in [0.25, 0.3) is 0 Å². The molecule has 2 heterocycles. The second kappa shape index (κ2) is 4.26. The lowest BCUT2D eigenvalue weighted by molar-refractivity contribution is 1.17. The van der Waals surface area contributed by atoms with E-state index in [1.54, 1.807) is 22.7 Å². The Kier molecular flexibility index (Phi) is 3.03. The first kappa shape index (κ1) is 9.24. The van der Waals surface area contributed by atoms with Gasteiger partial charge in [-0.25, -0.2) is 0 Å². The summed E-state index contributed by atoms with van der Waals surface area (Å²) in [4.78, 5) is 0. The van der Waals surface area contributed by atoms with E-state index in [1.165, 1.54) is 15.0 Å². The Hall–Kier alpha value is -0.320. The predicted molar refractivity (Wildman–Crippen MR) is 63.7 cm³/mol. The lowest BCUT2D eigenvalue weighted by Gasteiger charge is -1.99. The van der Waals surface area contributed by atoms with Crippen LogP contribution < -0.4 is 5.32 Å². The Balaban J connectivity index is 1.93. The smallest absolute Gasteiger partial charge is 0.0701 e. The van der Waals surface area contributed by atoms with Crippen LogP contribution in [-0.2, 0) is 6.54 Å². The molecule has 0 aliphatic rings. The highest BCUT2D eigenvalue weighted by Gasteiger charge is 1.97. The Bertz CT molecular complexity index is 367. The normalized spacial score (nSPS) is 10.2. The molecule has 0 amide bonds. The zero-order valence-corrected chi connectivity index (χ0v) is 10.0. The van der Waals surface area contributed by atoms with Crippen LogP contribution in [0.4, 0.5) is 5.69 Å². The minimum Gasteiger partial charge on any atom is -0.380 e. The lowest BCUT2D eigenvalue weighted by atomic mass is 10.3. The van der Waals surface area contributed by atoms with Crippen molar-refractivity contribution in [2.45, 2.75) is 6.54 Å². The third-order valence-corrected chi connectivity index (χ3v) is 3.88. The van der Waals surface area contributed by atoms with Crippen molar-refractivity contribution in [1.82, 2.24) is 0 Å². The summed E-state index contributed by atoms with van der Waals surface area (Å²) in [6.45, 7) is 0.902. The average molecular weight is 274 g/mol. The van der Waals surface area contributed by atoms with E-state index in [2.05, 4.69) is 49.5 Å². The first-order valence-corrected chi connectivity index (χ1v) is 6.45. The molecule has 0 unspecified atom stereocenters. The number of hydrogen-bond acceptors (Lipinski definition) is 3. The van der Waals surface area contributed by atoms with Gasteiger partial charge in [0, 0.05) is 17.6 Å². The third kappa shape index (κ3) is 2.56. The number of rotatable bonds is 3. The third-order valence-electron chi connectivity index (χ3n) is 1.64. The molecule has 0 saturated carbocycles. The molecule has 0 fully saturated rings. The molecule has 0 aromatic carbocycles. The van der Waals surface area contributed by atoms with Crippen LogP contribution in [0.3, 0.4) is 0 Å². The van der Waals surface area contributed by atoms with Crippen LogP contribution in [0.2, 0.25) is 0 Å². The first-order chi connectivity index (χ1) is 6.34. The van der Waals surface area contributed by atoms with Gasteiger partial charge in [0.1, 0.15) is 0 Å². The number of anilines is 1. The average Bonchev–Trinajstić information content (AvgIpc) is 2.71. The molecule has 0 bridgehead atoms. The van der Waals surface area contributed by atoms with Gasteiger partial charge in [0.2, 0.25) is 0 Å². The number of halogens is 1. The fourth-order valence-electron chi connectivity index (χ4n) is 1.01.